The molecular weight excluding hydrogens is 176 g/mol. The maximum Gasteiger partial charge on any atom is 0.128 e. The third kappa shape index (κ3) is 1.36. The summed E-state index contributed by atoms with van der Waals surface area (Å²) in [6.07, 6.45) is 3.37. The van der Waals surface area contributed by atoms with Crippen molar-refractivity contribution in [2.45, 2.75) is 0 Å². The Labute approximate surface area is 81.4 Å². The van der Waals surface area contributed by atoms with E-state index >= 15 is 0 Å². The molecule has 0 saturated heterocycles. The summed E-state index contributed by atoms with van der Waals surface area (Å²) in [4.78, 5) is 4.14. The van der Waals surface area contributed by atoms with Crippen LogP contribution < -0.4 is 0 Å². The monoisotopic (exact) mass is 184 g/mol. The highest BCUT2D eigenvalue weighted by Gasteiger charge is 2.09. The van der Waals surface area contributed by atoms with Crippen LogP contribution in [0.25, 0.3) is 11.4 Å². The van der Waals surface area contributed by atoms with Crippen LogP contribution in [0.5, 0.6) is 0 Å². The second-order valence-electron chi connectivity index (χ2n) is 2.89. The molecule has 0 N–H and O–H groups in total. The molecule has 0 aliphatic rings. The Balaban J connectivity index is 2.58. The van der Waals surface area contributed by atoms with Gasteiger partial charge in [-0.05, 0) is 12.1 Å². The minimum atomic E-state index is 0.547. The lowest BCUT2D eigenvalue weighted by Crippen LogP contribution is -1.89. The van der Waals surface area contributed by atoms with Gasteiger partial charge in [0.05, 0.1) is 11.3 Å². The van der Waals surface area contributed by atoms with E-state index in [1.54, 1.807) is 24.1 Å². The standard InChI is InChI=1S/C10H8N4/c1-14-7-8(6-11)10(13-14)9-4-2-3-5-12-9/h2-5,7H,1H3. The van der Waals surface area contributed by atoms with E-state index in [1.165, 1.54) is 0 Å². The van der Waals surface area contributed by atoms with Crippen molar-refractivity contribution in [2.24, 2.45) is 7.05 Å². The van der Waals surface area contributed by atoms with Crippen LogP contribution in [0.4, 0.5) is 0 Å². The van der Waals surface area contributed by atoms with Gasteiger partial charge in [-0.1, -0.05) is 6.07 Å². The summed E-state index contributed by atoms with van der Waals surface area (Å²) in [6.45, 7) is 0. The van der Waals surface area contributed by atoms with Gasteiger partial charge in [-0.25, -0.2) is 0 Å². The highest BCUT2D eigenvalue weighted by atomic mass is 15.3. The third-order valence-corrected chi connectivity index (χ3v) is 1.86. The molecular formula is C10H8N4. The fourth-order valence-electron chi connectivity index (χ4n) is 1.26. The van der Waals surface area contributed by atoms with Gasteiger partial charge >= 0.3 is 0 Å². The molecule has 2 aromatic heterocycles. The molecule has 2 heterocycles. The number of nitrogens with zero attached hydrogens (tertiary/aromatic N) is 4. The summed E-state index contributed by atoms with van der Waals surface area (Å²) in [5.74, 6) is 0. The molecule has 0 spiro atoms. The summed E-state index contributed by atoms with van der Waals surface area (Å²) < 4.78 is 1.61. The molecule has 2 aromatic rings. The fraction of sp³-hybridized carbons (Fsp3) is 0.100. The molecule has 0 saturated carbocycles. The Morgan fingerprint density at radius 1 is 1.43 bits per heavy atom. The van der Waals surface area contributed by atoms with E-state index in [1.807, 2.05) is 18.2 Å². The molecule has 0 fully saturated rings. The molecule has 0 aromatic carbocycles. The molecule has 0 atom stereocenters. The van der Waals surface area contributed by atoms with Crippen LogP contribution in [-0.2, 0) is 7.05 Å². The van der Waals surface area contributed by atoms with Crippen LogP contribution in [0.2, 0.25) is 0 Å². The molecule has 0 amide bonds. The van der Waals surface area contributed by atoms with Crippen molar-refractivity contribution in [3.05, 3.63) is 36.2 Å². The first kappa shape index (κ1) is 8.45. The van der Waals surface area contributed by atoms with Gasteiger partial charge < -0.3 is 0 Å². The minimum absolute atomic E-state index is 0.547. The third-order valence-electron chi connectivity index (χ3n) is 1.86. The Morgan fingerprint density at radius 2 is 2.29 bits per heavy atom. The molecule has 0 bridgehead atoms. The van der Waals surface area contributed by atoms with Crippen molar-refractivity contribution in [3.63, 3.8) is 0 Å². The Hall–Kier alpha value is -2.15. The molecule has 4 nitrogen and oxygen atoms in total. The van der Waals surface area contributed by atoms with Crippen molar-refractivity contribution in [2.75, 3.05) is 0 Å². The molecule has 0 unspecified atom stereocenters. The molecule has 2 rings (SSSR count). The lowest BCUT2D eigenvalue weighted by Gasteiger charge is -1.93. The van der Waals surface area contributed by atoms with Gasteiger partial charge in [-0.3, -0.25) is 9.67 Å². The van der Waals surface area contributed by atoms with Crippen LogP contribution in [0.3, 0.4) is 0 Å². The van der Waals surface area contributed by atoms with Crippen molar-refractivity contribution in [1.82, 2.24) is 14.8 Å². The fourth-order valence-corrected chi connectivity index (χ4v) is 1.26. The molecule has 14 heavy (non-hydrogen) atoms. The van der Waals surface area contributed by atoms with Crippen LogP contribution in [0, 0.1) is 11.3 Å². The van der Waals surface area contributed by atoms with E-state index < -0.39 is 0 Å². The second kappa shape index (κ2) is 3.30. The normalized spacial score (nSPS) is 9.71. The topological polar surface area (TPSA) is 54.5 Å². The summed E-state index contributed by atoms with van der Waals surface area (Å²) in [7, 11) is 1.78. The highest BCUT2D eigenvalue weighted by Crippen LogP contribution is 2.17. The molecule has 4 heteroatoms. The number of pyridine rings is 1. The zero-order valence-electron chi connectivity index (χ0n) is 7.68. The first-order chi connectivity index (χ1) is 6.81. The smallest absolute Gasteiger partial charge is 0.128 e. The van der Waals surface area contributed by atoms with Gasteiger partial charge in [0.1, 0.15) is 11.8 Å². The number of hydrogen-bond donors (Lipinski definition) is 0. The van der Waals surface area contributed by atoms with Gasteiger partial charge in [0, 0.05) is 19.4 Å². The number of aromatic nitrogens is 3. The lowest BCUT2D eigenvalue weighted by molar-refractivity contribution is 0.770. The van der Waals surface area contributed by atoms with Crippen molar-refractivity contribution >= 4 is 0 Å². The van der Waals surface area contributed by atoms with E-state index in [0.29, 0.717) is 11.3 Å². The van der Waals surface area contributed by atoms with Gasteiger partial charge in [-0.2, -0.15) is 10.4 Å². The average Bonchev–Trinajstić information content (AvgIpc) is 2.61. The lowest BCUT2D eigenvalue weighted by atomic mass is 10.2. The number of nitriles is 1. The first-order valence-electron chi connectivity index (χ1n) is 4.16. The highest BCUT2D eigenvalue weighted by molar-refractivity contribution is 5.61. The van der Waals surface area contributed by atoms with E-state index in [0.717, 1.165) is 5.69 Å². The quantitative estimate of drug-likeness (QED) is 0.672. The van der Waals surface area contributed by atoms with Gasteiger partial charge in [0.25, 0.3) is 0 Å². The molecule has 0 aliphatic heterocycles. The van der Waals surface area contributed by atoms with E-state index in [2.05, 4.69) is 16.2 Å². The molecule has 68 valence electrons. The van der Waals surface area contributed by atoms with Crippen LogP contribution >= 0.6 is 0 Å². The zero-order valence-corrected chi connectivity index (χ0v) is 7.68. The van der Waals surface area contributed by atoms with Crippen LogP contribution in [-0.4, -0.2) is 14.8 Å². The first-order valence-corrected chi connectivity index (χ1v) is 4.16. The van der Waals surface area contributed by atoms with Gasteiger partial charge in [0.15, 0.2) is 0 Å². The van der Waals surface area contributed by atoms with Crippen LogP contribution in [0.15, 0.2) is 30.6 Å². The second-order valence-corrected chi connectivity index (χ2v) is 2.89. The average molecular weight is 184 g/mol. The van der Waals surface area contributed by atoms with Crippen LogP contribution in [0.1, 0.15) is 5.56 Å². The predicted molar refractivity (Wildman–Crippen MR) is 51.2 cm³/mol. The number of aryl methyl sites for hydroxylation is 1. The predicted octanol–water partition coefficient (Wildman–Crippen LogP) is 1.35. The summed E-state index contributed by atoms with van der Waals surface area (Å²) in [5, 5.41) is 13.0. The summed E-state index contributed by atoms with van der Waals surface area (Å²) in [6, 6.07) is 7.63. The van der Waals surface area contributed by atoms with E-state index in [-0.39, 0.29) is 0 Å². The maximum atomic E-state index is 8.86. The molecule has 0 aliphatic carbocycles. The van der Waals surface area contributed by atoms with Crippen molar-refractivity contribution in [3.8, 4) is 17.5 Å². The number of rotatable bonds is 1. The largest absolute Gasteiger partial charge is 0.274 e. The van der Waals surface area contributed by atoms with E-state index in [9.17, 15) is 0 Å². The maximum absolute atomic E-state index is 8.86. The zero-order chi connectivity index (χ0) is 9.97. The Morgan fingerprint density at radius 3 is 2.93 bits per heavy atom. The number of hydrogen-bond acceptors (Lipinski definition) is 3. The van der Waals surface area contributed by atoms with Gasteiger partial charge in [0.2, 0.25) is 0 Å². The Bertz CT molecular complexity index is 479. The summed E-state index contributed by atoms with van der Waals surface area (Å²) in [5.41, 5.74) is 1.91. The Kier molecular flexibility index (Phi) is 1.99. The van der Waals surface area contributed by atoms with Crippen molar-refractivity contribution < 1.29 is 0 Å². The minimum Gasteiger partial charge on any atom is -0.274 e. The molecule has 0 radical (unpaired) electrons. The van der Waals surface area contributed by atoms with E-state index in [4.69, 9.17) is 5.26 Å². The summed E-state index contributed by atoms with van der Waals surface area (Å²) >= 11 is 0. The van der Waals surface area contributed by atoms with Crippen molar-refractivity contribution in [1.29, 1.82) is 5.26 Å². The SMILES string of the molecule is Cn1cc(C#N)c(-c2ccccn2)n1. The van der Waals surface area contributed by atoms with Gasteiger partial charge in [-0.15, -0.1) is 0 Å².